The molecule has 0 aliphatic rings. The molecule has 0 saturated carbocycles. The van der Waals surface area contributed by atoms with Crippen molar-refractivity contribution in [1.29, 1.82) is 0 Å². The molecular formula is C9H7BrClFO. The minimum atomic E-state index is -0.634. The molecular weight excluding hydrogens is 258 g/mol. The van der Waals surface area contributed by atoms with Gasteiger partial charge in [0.25, 0.3) is 0 Å². The molecule has 1 aromatic rings. The van der Waals surface area contributed by atoms with E-state index >= 15 is 0 Å². The van der Waals surface area contributed by atoms with Crippen LogP contribution in [0.4, 0.5) is 4.39 Å². The molecule has 0 amide bonds. The minimum absolute atomic E-state index is 0.269. The molecule has 0 spiro atoms. The molecule has 1 rings (SSSR count). The third kappa shape index (κ3) is 2.29. The van der Waals surface area contributed by atoms with E-state index in [2.05, 4.69) is 15.9 Å². The zero-order valence-electron chi connectivity index (χ0n) is 6.85. The first-order valence-corrected chi connectivity index (χ1v) is 4.90. The summed E-state index contributed by atoms with van der Waals surface area (Å²) in [5, 5.41) is 0.461. The van der Waals surface area contributed by atoms with Gasteiger partial charge in [-0.05, 0) is 24.6 Å². The van der Waals surface area contributed by atoms with Gasteiger partial charge in [0, 0.05) is 10.6 Å². The highest BCUT2D eigenvalue weighted by molar-refractivity contribution is 9.09. The zero-order chi connectivity index (χ0) is 10.0. The Morgan fingerprint density at radius 1 is 1.62 bits per heavy atom. The molecule has 70 valence electrons. The largest absolute Gasteiger partial charge is 0.302 e. The van der Waals surface area contributed by atoms with E-state index in [0.717, 1.165) is 0 Å². The van der Waals surface area contributed by atoms with E-state index in [1.54, 1.807) is 6.92 Å². The first-order chi connectivity index (χ1) is 6.06. The van der Waals surface area contributed by atoms with Crippen molar-refractivity contribution >= 4 is 33.8 Å². The first kappa shape index (κ1) is 10.7. The highest BCUT2D eigenvalue weighted by Crippen LogP contribution is 2.28. The van der Waals surface area contributed by atoms with Crippen LogP contribution in [0.5, 0.6) is 0 Å². The monoisotopic (exact) mass is 264 g/mol. The van der Waals surface area contributed by atoms with E-state index in [1.807, 2.05) is 0 Å². The van der Waals surface area contributed by atoms with Crippen LogP contribution in [0.15, 0.2) is 12.1 Å². The Morgan fingerprint density at radius 3 is 2.77 bits per heavy atom. The zero-order valence-corrected chi connectivity index (χ0v) is 9.19. The Hall–Kier alpha value is -0.410. The molecule has 4 heteroatoms. The van der Waals surface area contributed by atoms with Gasteiger partial charge in [-0.1, -0.05) is 27.5 Å². The summed E-state index contributed by atoms with van der Waals surface area (Å²) in [6.45, 7) is 1.71. The highest BCUT2D eigenvalue weighted by Gasteiger charge is 2.13. The van der Waals surface area contributed by atoms with E-state index in [0.29, 0.717) is 16.9 Å². The van der Waals surface area contributed by atoms with E-state index in [4.69, 9.17) is 11.6 Å². The molecule has 0 fully saturated rings. The van der Waals surface area contributed by atoms with Crippen LogP contribution in [0.3, 0.4) is 0 Å². The number of benzene rings is 1. The van der Waals surface area contributed by atoms with Crippen LogP contribution in [-0.2, 0) is 4.79 Å². The third-order valence-electron chi connectivity index (χ3n) is 1.69. The topological polar surface area (TPSA) is 17.1 Å². The Balaban J connectivity index is 3.22. The fourth-order valence-corrected chi connectivity index (χ4v) is 1.47. The number of rotatable bonds is 2. The summed E-state index contributed by atoms with van der Waals surface area (Å²) in [5.74, 6) is -0.420. The van der Waals surface area contributed by atoms with Crippen molar-refractivity contribution in [3.63, 3.8) is 0 Å². The van der Waals surface area contributed by atoms with Crippen molar-refractivity contribution in [3.05, 3.63) is 34.1 Å². The lowest BCUT2D eigenvalue weighted by Crippen LogP contribution is -1.96. The molecule has 0 N–H and O–H groups in total. The lowest BCUT2D eigenvalue weighted by molar-refractivity contribution is -0.107. The summed E-state index contributed by atoms with van der Waals surface area (Å²) >= 11 is 8.81. The molecule has 13 heavy (non-hydrogen) atoms. The van der Waals surface area contributed by atoms with Gasteiger partial charge in [-0.15, -0.1) is 0 Å². The number of alkyl halides is 1. The van der Waals surface area contributed by atoms with Gasteiger partial charge >= 0.3 is 0 Å². The number of carbonyl (C=O) groups is 1. The van der Waals surface area contributed by atoms with Gasteiger partial charge in [0.05, 0.1) is 4.83 Å². The van der Waals surface area contributed by atoms with Gasteiger partial charge < -0.3 is 4.79 Å². The number of aldehydes is 1. The Labute approximate surface area is 89.0 Å². The molecule has 1 aromatic carbocycles. The maximum atomic E-state index is 13.2. The molecule has 0 aromatic heterocycles. The van der Waals surface area contributed by atoms with Crippen LogP contribution >= 0.6 is 27.5 Å². The van der Waals surface area contributed by atoms with Gasteiger partial charge in [-0.3, -0.25) is 0 Å². The first-order valence-electron chi connectivity index (χ1n) is 3.61. The Morgan fingerprint density at radius 2 is 2.23 bits per heavy atom. The summed E-state index contributed by atoms with van der Waals surface area (Å²) in [6, 6.07) is 2.77. The molecule has 0 aliphatic heterocycles. The van der Waals surface area contributed by atoms with Crippen LogP contribution in [0.25, 0.3) is 0 Å². The van der Waals surface area contributed by atoms with Crippen LogP contribution in [0, 0.1) is 12.7 Å². The fraction of sp³-hybridized carbons (Fsp3) is 0.222. The minimum Gasteiger partial charge on any atom is -0.302 e. The van der Waals surface area contributed by atoms with Crippen molar-refractivity contribution in [2.24, 2.45) is 0 Å². The van der Waals surface area contributed by atoms with Gasteiger partial charge in [0.2, 0.25) is 0 Å². The lowest BCUT2D eigenvalue weighted by Gasteiger charge is -2.06. The molecule has 1 nitrogen and oxygen atoms in total. The number of aryl methyl sites for hydroxylation is 1. The van der Waals surface area contributed by atoms with Crippen molar-refractivity contribution in [2.75, 3.05) is 0 Å². The van der Waals surface area contributed by atoms with Crippen LogP contribution in [0.2, 0.25) is 5.02 Å². The lowest BCUT2D eigenvalue weighted by atomic mass is 10.1. The van der Waals surface area contributed by atoms with Crippen LogP contribution in [-0.4, -0.2) is 6.29 Å². The van der Waals surface area contributed by atoms with E-state index in [9.17, 15) is 9.18 Å². The second-order valence-corrected chi connectivity index (χ2v) is 4.05. The Bertz CT molecular complexity index is 341. The molecule has 0 bridgehead atoms. The number of carbonyl (C=O) groups excluding carboxylic acids is 1. The van der Waals surface area contributed by atoms with Crippen molar-refractivity contribution < 1.29 is 9.18 Å². The summed E-state index contributed by atoms with van der Waals surface area (Å²) in [4.78, 5) is 9.76. The van der Waals surface area contributed by atoms with Crippen LogP contribution < -0.4 is 0 Å². The molecule has 1 atom stereocenters. The van der Waals surface area contributed by atoms with Gasteiger partial charge in [0.15, 0.2) is 0 Å². The highest BCUT2D eigenvalue weighted by atomic mass is 79.9. The Kier molecular flexibility index (Phi) is 3.45. The van der Waals surface area contributed by atoms with E-state index in [1.165, 1.54) is 12.1 Å². The number of hydrogen-bond donors (Lipinski definition) is 0. The standard InChI is InChI=1S/C9H7BrClFO/c1-5-2-9(12)6(3-8(5)11)7(10)4-13/h2-4,7H,1H3. The predicted molar refractivity (Wildman–Crippen MR) is 53.9 cm³/mol. The summed E-state index contributed by atoms with van der Waals surface area (Å²) in [6.07, 6.45) is 0.615. The van der Waals surface area contributed by atoms with Crippen molar-refractivity contribution in [2.45, 2.75) is 11.8 Å². The summed E-state index contributed by atoms with van der Waals surface area (Å²) < 4.78 is 13.2. The normalized spacial score (nSPS) is 12.6. The van der Waals surface area contributed by atoms with Gasteiger partial charge in [-0.2, -0.15) is 0 Å². The van der Waals surface area contributed by atoms with Crippen molar-refractivity contribution in [1.82, 2.24) is 0 Å². The quantitative estimate of drug-likeness (QED) is 0.591. The molecule has 0 saturated heterocycles. The predicted octanol–water partition coefficient (Wildman–Crippen LogP) is 3.42. The average Bonchev–Trinajstić information content (AvgIpc) is 2.10. The number of hydrogen-bond acceptors (Lipinski definition) is 1. The second-order valence-electron chi connectivity index (χ2n) is 2.66. The number of halogens is 3. The maximum Gasteiger partial charge on any atom is 0.138 e. The smallest absolute Gasteiger partial charge is 0.138 e. The summed E-state index contributed by atoms with van der Waals surface area (Å²) in [7, 11) is 0. The fourth-order valence-electron chi connectivity index (χ4n) is 0.946. The van der Waals surface area contributed by atoms with Gasteiger partial charge in [0.1, 0.15) is 12.1 Å². The average molecular weight is 266 g/mol. The SMILES string of the molecule is Cc1cc(F)c(C(Br)C=O)cc1Cl. The van der Waals surface area contributed by atoms with Crippen molar-refractivity contribution in [3.8, 4) is 0 Å². The molecule has 0 aliphatic carbocycles. The van der Waals surface area contributed by atoms with E-state index in [-0.39, 0.29) is 5.56 Å². The maximum absolute atomic E-state index is 13.2. The van der Waals surface area contributed by atoms with E-state index < -0.39 is 10.6 Å². The molecule has 0 heterocycles. The molecule has 1 unspecified atom stereocenters. The van der Waals surface area contributed by atoms with Gasteiger partial charge in [-0.25, -0.2) is 4.39 Å². The second kappa shape index (κ2) is 4.20. The molecule has 0 radical (unpaired) electrons. The third-order valence-corrected chi connectivity index (χ3v) is 2.81. The summed E-state index contributed by atoms with van der Waals surface area (Å²) in [5.41, 5.74) is 0.930. The van der Waals surface area contributed by atoms with Crippen LogP contribution in [0.1, 0.15) is 16.0 Å².